The lowest BCUT2D eigenvalue weighted by atomic mass is 9.73. The van der Waals surface area contributed by atoms with Gasteiger partial charge in [-0.25, -0.2) is 9.59 Å². The SMILES string of the molecule is CC[C@H]1OC(=O)[C@H](C)C(OC(=O)C(C)C)[C@H](C)[C@@H](O[C@@H]2O[C@H](C)C[C@H](N(C)C)[C@H]2O)[C@](C)(OC(=O)NC/C=C/c2cnc3ccccc3c2)C[C@@H](C)C(=O)[C@H](C)[C@@H]2NC(=O)O[C@]12C. The molecule has 2 aromatic rings. The average molecular weight is 881 g/mol. The molecule has 4 heterocycles. The largest absolute Gasteiger partial charge is 0.461 e. The Morgan fingerprint density at radius 3 is 2.44 bits per heavy atom. The van der Waals surface area contributed by atoms with E-state index < -0.39 is 102 Å². The Labute approximate surface area is 371 Å². The number of aliphatic hydroxyl groups excluding tert-OH is 1. The number of ether oxygens (including phenoxy) is 6. The van der Waals surface area contributed by atoms with Crippen LogP contribution in [0.15, 0.2) is 42.6 Å². The van der Waals surface area contributed by atoms with Crippen LogP contribution in [0.1, 0.15) is 94.1 Å². The molecule has 3 aliphatic rings. The third-order valence-electron chi connectivity index (χ3n) is 13.0. The van der Waals surface area contributed by atoms with Crippen molar-refractivity contribution in [3.63, 3.8) is 0 Å². The number of benzene rings is 1. The quantitative estimate of drug-likeness (QED) is 0.191. The van der Waals surface area contributed by atoms with Gasteiger partial charge in [-0.2, -0.15) is 0 Å². The Bertz CT molecular complexity index is 1990. The van der Waals surface area contributed by atoms with E-state index in [0.717, 1.165) is 16.5 Å². The van der Waals surface area contributed by atoms with E-state index in [1.165, 1.54) is 0 Å². The van der Waals surface area contributed by atoms with Crippen molar-refractivity contribution < 1.29 is 57.5 Å². The monoisotopic (exact) mass is 880 g/mol. The van der Waals surface area contributed by atoms with Gasteiger partial charge in [0.25, 0.3) is 0 Å². The van der Waals surface area contributed by atoms with Gasteiger partial charge in [-0.05, 0) is 78.7 Å². The number of pyridine rings is 1. The highest BCUT2D eigenvalue weighted by atomic mass is 16.7. The van der Waals surface area contributed by atoms with Crippen molar-refractivity contribution in [2.45, 2.75) is 149 Å². The summed E-state index contributed by atoms with van der Waals surface area (Å²) in [5.74, 6) is -6.09. The minimum Gasteiger partial charge on any atom is -0.461 e. The molecule has 1 unspecified atom stereocenters. The number of aromatic nitrogens is 1. The number of hydrogen-bond donors (Lipinski definition) is 3. The van der Waals surface area contributed by atoms with Crippen molar-refractivity contribution in [1.29, 1.82) is 0 Å². The molecule has 348 valence electrons. The molecule has 16 nitrogen and oxygen atoms in total. The fourth-order valence-corrected chi connectivity index (χ4v) is 9.47. The second kappa shape index (κ2) is 20.5. The number of esters is 2. The lowest BCUT2D eigenvalue weighted by Gasteiger charge is -2.48. The number of fused-ring (bicyclic) bond motifs is 2. The summed E-state index contributed by atoms with van der Waals surface area (Å²) >= 11 is 0. The fraction of sp³-hybridized carbons (Fsp3) is 0.660. The van der Waals surface area contributed by atoms with Crippen LogP contribution in [-0.4, -0.2) is 126 Å². The number of nitrogens with zero attached hydrogens (tertiary/aromatic N) is 2. The number of carbonyl (C=O) groups excluding carboxylic acids is 5. The van der Waals surface area contributed by atoms with Gasteiger partial charge in [0.2, 0.25) is 0 Å². The Hall–Kier alpha value is -4.64. The number of aliphatic hydroxyl groups is 1. The lowest BCUT2D eigenvalue weighted by molar-refractivity contribution is -0.298. The number of carbonyl (C=O) groups is 5. The van der Waals surface area contributed by atoms with Crippen LogP contribution in [0.4, 0.5) is 9.59 Å². The van der Waals surface area contributed by atoms with E-state index in [2.05, 4.69) is 15.6 Å². The molecule has 16 heteroatoms. The summed E-state index contributed by atoms with van der Waals surface area (Å²) in [5, 5.41) is 18.3. The molecule has 2 amide bonds. The van der Waals surface area contributed by atoms with Crippen LogP contribution in [0.25, 0.3) is 17.0 Å². The standard InChI is InChI=1S/C47H68N4O12/c1-13-35-47(10)39(50-45(57)63-47)28(6)36(52)26(4)23-46(9,62-44(56)48-20-16-17-31-22-32-18-14-15-19-33(32)49-24-31)40(61-43-37(53)34(51(11)12)21-27(5)58-43)29(7)38(30(8)42(55)59-35)60-41(54)25(2)3/h14-19,22,24-30,34-35,37-40,43,53H,13,20-21,23H2,1-12H3,(H,48,56)(H,50,57)/b17-16+/t26-,27-,28+,29+,30-,34+,35-,37-,38?,39+,40-,43+,46-,47-/m1/s1. The average Bonchev–Trinajstić information content (AvgIpc) is 3.55. The topological polar surface area (TPSA) is 201 Å². The maximum atomic E-state index is 14.6. The summed E-state index contributed by atoms with van der Waals surface area (Å²) < 4.78 is 37.7. The molecular weight excluding hydrogens is 813 g/mol. The first-order valence-corrected chi connectivity index (χ1v) is 22.2. The second-order valence-electron chi connectivity index (χ2n) is 18.6. The van der Waals surface area contributed by atoms with E-state index >= 15 is 0 Å². The number of ketones is 1. The van der Waals surface area contributed by atoms with Crippen LogP contribution >= 0.6 is 0 Å². The van der Waals surface area contributed by atoms with Gasteiger partial charge >= 0.3 is 24.1 Å². The first kappa shape index (κ1) is 49.4. The third kappa shape index (κ3) is 11.2. The number of alkyl carbamates (subject to hydrolysis) is 2. The van der Waals surface area contributed by atoms with E-state index in [1.807, 2.05) is 62.3 Å². The highest BCUT2D eigenvalue weighted by Crippen LogP contribution is 2.42. The molecule has 3 N–H and O–H groups in total. The van der Waals surface area contributed by atoms with Gasteiger partial charge in [0.05, 0.1) is 29.5 Å². The fourth-order valence-electron chi connectivity index (χ4n) is 9.47. The number of nitrogens with one attached hydrogen (secondary N) is 2. The van der Waals surface area contributed by atoms with Crippen molar-refractivity contribution >= 4 is 46.9 Å². The van der Waals surface area contributed by atoms with Crippen molar-refractivity contribution in [2.75, 3.05) is 20.6 Å². The zero-order valence-corrected chi connectivity index (χ0v) is 38.8. The van der Waals surface area contributed by atoms with Gasteiger partial charge in [0.1, 0.15) is 35.8 Å². The van der Waals surface area contributed by atoms with Crippen LogP contribution in [0, 0.1) is 29.6 Å². The van der Waals surface area contributed by atoms with Crippen LogP contribution in [0.5, 0.6) is 0 Å². The van der Waals surface area contributed by atoms with Crippen molar-refractivity contribution in [3.05, 3.63) is 48.2 Å². The van der Waals surface area contributed by atoms with E-state index in [1.54, 1.807) is 74.6 Å². The van der Waals surface area contributed by atoms with Gasteiger partial charge in [0.15, 0.2) is 11.9 Å². The molecule has 3 aliphatic heterocycles. The maximum absolute atomic E-state index is 14.6. The Balaban J connectivity index is 1.59. The minimum atomic E-state index is -1.73. The van der Waals surface area contributed by atoms with Crippen LogP contribution in [0.3, 0.4) is 0 Å². The van der Waals surface area contributed by atoms with Gasteiger partial charge in [-0.1, -0.05) is 71.9 Å². The summed E-state index contributed by atoms with van der Waals surface area (Å²) in [6, 6.07) is 8.41. The number of likely N-dealkylation sites (N-methyl/N-ethyl adjacent to an activating group) is 1. The number of hydrogen-bond acceptors (Lipinski definition) is 14. The molecule has 1 aromatic carbocycles. The van der Waals surface area contributed by atoms with Gasteiger partial charge in [0, 0.05) is 41.9 Å². The second-order valence-corrected chi connectivity index (χ2v) is 18.6. The van der Waals surface area contributed by atoms with Crippen LogP contribution in [0.2, 0.25) is 0 Å². The molecule has 3 fully saturated rings. The normalized spacial score (nSPS) is 35.7. The molecule has 0 radical (unpaired) electrons. The molecule has 1 aromatic heterocycles. The van der Waals surface area contributed by atoms with Crippen LogP contribution < -0.4 is 10.6 Å². The maximum Gasteiger partial charge on any atom is 0.408 e. The third-order valence-corrected chi connectivity index (χ3v) is 13.0. The van der Waals surface area contributed by atoms with Gasteiger partial charge in [-0.3, -0.25) is 19.4 Å². The molecule has 0 saturated carbocycles. The lowest BCUT2D eigenvalue weighted by Crippen LogP contribution is -2.61. The van der Waals surface area contributed by atoms with E-state index in [9.17, 15) is 29.1 Å². The highest BCUT2D eigenvalue weighted by molar-refractivity contribution is 5.85. The number of rotatable bonds is 10. The summed E-state index contributed by atoms with van der Waals surface area (Å²) in [6.45, 7) is 16.9. The summed E-state index contributed by atoms with van der Waals surface area (Å²) in [5.41, 5.74) is -1.51. The van der Waals surface area contributed by atoms with E-state index in [4.69, 9.17) is 28.4 Å². The van der Waals surface area contributed by atoms with Crippen molar-refractivity contribution in [1.82, 2.24) is 20.5 Å². The first-order chi connectivity index (χ1) is 29.6. The zero-order chi connectivity index (χ0) is 46.6. The van der Waals surface area contributed by atoms with Gasteiger partial charge in [-0.15, -0.1) is 0 Å². The minimum absolute atomic E-state index is 0.0525. The molecule has 5 rings (SSSR count). The number of cyclic esters (lactones) is 1. The van der Waals surface area contributed by atoms with Crippen molar-refractivity contribution in [2.24, 2.45) is 29.6 Å². The molecule has 14 atom stereocenters. The Morgan fingerprint density at radius 2 is 1.78 bits per heavy atom. The van der Waals surface area contributed by atoms with Crippen LogP contribution in [-0.2, 0) is 42.8 Å². The predicted molar refractivity (Wildman–Crippen MR) is 234 cm³/mol. The summed E-state index contributed by atoms with van der Waals surface area (Å²) in [4.78, 5) is 75.9. The first-order valence-electron chi connectivity index (χ1n) is 22.2. The van der Waals surface area contributed by atoms with Gasteiger partial charge < -0.3 is 49.1 Å². The molecule has 0 bridgehead atoms. The summed E-state index contributed by atoms with van der Waals surface area (Å²) in [7, 11) is 3.68. The van der Waals surface area contributed by atoms with E-state index in [-0.39, 0.29) is 37.3 Å². The molecular formula is C47H68N4O12. The number of amides is 2. The summed E-state index contributed by atoms with van der Waals surface area (Å²) in [6.07, 6.45) is -2.10. The number of para-hydroxylation sites is 1. The smallest absolute Gasteiger partial charge is 0.408 e. The molecule has 0 spiro atoms. The van der Waals surface area contributed by atoms with Crippen molar-refractivity contribution in [3.8, 4) is 0 Å². The number of Topliss-reactive ketones (excluding diaryl/α,β-unsaturated/α-hetero) is 1. The van der Waals surface area contributed by atoms with E-state index in [0.29, 0.717) is 6.42 Å². The Morgan fingerprint density at radius 1 is 1.08 bits per heavy atom. The molecule has 3 saturated heterocycles. The highest BCUT2D eigenvalue weighted by Gasteiger charge is 2.58. The molecule has 63 heavy (non-hydrogen) atoms. The predicted octanol–water partition coefficient (Wildman–Crippen LogP) is 5.82. The zero-order valence-electron chi connectivity index (χ0n) is 38.8. The molecule has 0 aliphatic carbocycles. The Kier molecular flexibility index (Phi) is 16.0.